The Hall–Kier alpha value is -0.450. The number of hydrogen-bond donors (Lipinski definition) is 2. The zero-order valence-electron chi connectivity index (χ0n) is 12.2. The van der Waals surface area contributed by atoms with Crippen LogP contribution in [0.5, 0.6) is 0 Å². The minimum atomic E-state index is -3.62. The fraction of sp³-hybridized carbons (Fsp3) is 0.667. The number of rotatable bonds is 6. The average Bonchev–Trinajstić information content (AvgIpc) is 2.81. The van der Waals surface area contributed by atoms with Gasteiger partial charge < -0.3 is 14.6 Å². The van der Waals surface area contributed by atoms with Gasteiger partial charge in [0.25, 0.3) is 10.0 Å². The lowest BCUT2D eigenvalue weighted by Gasteiger charge is -2.31. The van der Waals surface area contributed by atoms with Gasteiger partial charge in [-0.15, -0.1) is 4.83 Å². The molecule has 0 atom stereocenters. The molecule has 0 unspecified atom stereocenters. The standard InChI is InChI=1S/C12H21BrN4O3S/c1-3-14-9-10-8-11(12(13)20-10)21(18,19)15-17-6-4-16(2)5-7-17/h8,14-15H,3-7,9H2,1-2H3. The summed E-state index contributed by atoms with van der Waals surface area (Å²) in [5, 5.41) is 4.82. The Morgan fingerprint density at radius 1 is 1.33 bits per heavy atom. The number of likely N-dealkylation sites (N-methyl/N-ethyl adjacent to an activating group) is 1. The van der Waals surface area contributed by atoms with Gasteiger partial charge in [0.1, 0.15) is 10.7 Å². The minimum absolute atomic E-state index is 0.134. The van der Waals surface area contributed by atoms with E-state index in [2.05, 4.69) is 31.0 Å². The van der Waals surface area contributed by atoms with Gasteiger partial charge in [0, 0.05) is 32.2 Å². The third-order valence-corrected chi connectivity index (χ3v) is 5.53. The molecule has 0 aromatic carbocycles. The molecule has 0 aliphatic carbocycles. The Kier molecular flexibility index (Phi) is 5.81. The molecule has 1 aromatic heterocycles. The molecule has 2 heterocycles. The minimum Gasteiger partial charge on any atom is -0.452 e. The fourth-order valence-corrected chi connectivity index (χ4v) is 4.16. The van der Waals surface area contributed by atoms with Crippen molar-refractivity contribution in [3.63, 3.8) is 0 Å². The molecule has 1 saturated heterocycles. The molecule has 9 heteroatoms. The molecule has 1 aromatic rings. The van der Waals surface area contributed by atoms with Crippen molar-refractivity contribution in [1.29, 1.82) is 0 Å². The Morgan fingerprint density at radius 2 is 2.00 bits per heavy atom. The van der Waals surface area contributed by atoms with Gasteiger partial charge in [0.05, 0.1) is 6.54 Å². The monoisotopic (exact) mass is 380 g/mol. The van der Waals surface area contributed by atoms with Crippen LogP contribution in [0.15, 0.2) is 20.0 Å². The summed E-state index contributed by atoms with van der Waals surface area (Å²) in [5.74, 6) is 0.586. The second-order valence-electron chi connectivity index (χ2n) is 5.02. The van der Waals surface area contributed by atoms with Crippen LogP contribution in [0.1, 0.15) is 12.7 Å². The Bertz CT molecular complexity index is 567. The van der Waals surface area contributed by atoms with Crippen LogP contribution in [0, 0.1) is 0 Å². The van der Waals surface area contributed by atoms with Crippen molar-refractivity contribution < 1.29 is 12.8 Å². The fourth-order valence-electron chi connectivity index (χ4n) is 2.03. The van der Waals surface area contributed by atoms with Gasteiger partial charge in [-0.25, -0.2) is 13.4 Å². The molecule has 7 nitrogen and oxygen atoms in total. The van der Waals surface area contributed by atoms with E-state index in [0.29, 0.717) is 25.4 Å². The first-order chi connectivity index (χ1) is 9.92. The van der Waals surface area contributed by atoms with Gasteiger partial charge in [-0.3, -0.25) is 0 Å². The third-order valence-electron chi connectivity index (χ3n) is 3.30. The smallest absolute Gasteiger partial charge is 0.257 e. The second kappa shape index (κ2) is 7.21. The van der Waals surface area contributed by atoms with E-state index in [9.17, 15) is 8.42 Å². The van der Waals surface area contributed by atoms with Gasteiger partial charge in [-0.2, -0.15) is 0 Å². The number of hydrazine groups is 1. The number of piperazine rings is 1. The molecular formula is C12H21BrN4O3S. The lowest BCUT2D eigenvalue weighted by molar-refractivity contribution is 0.134. The maximum atomic E-state index is 12.4. The number of furan rings is 1. The van der Waals surface area contributed by atoms with Crippen molar-refractivity contribution in [3.05, 3.63) is 16.5 Å². The Morgan fingerprint density at radius 3 is 2.62 bits per heavy atom. The van der Waals surface area contributed by atoms with E-state index < -0.39 is 10.0 Å². The molecule has 120 valence electrons. The van der Waals surface area contributed by atoms with Crippen LogP contribution in [-0.2, 0) is 16.6 Å². The predicted molar refractivity (Wildman–Crippen MR) is 83.2 cm³/mol. The van der Waals surface area contributed by atoms with E-state index in [0.717, 1.165) is 19.6 Å². The zero-order chi connectivity index (χ0) is 15.5. The van der Waals surface area contributed by atoms with Crippen molar-refractivity contribution in [2.75, 3.05) is 39.8 Å². The third kappa shape index (κ3) is 4.51. The van der Waals surface area contributed by atoms with Gasteiger partial charge in [-0.05, 0) is 29.5 Å². The molecule has 1 fully saturated rings. The average molecular weight is 381 g/mol. The molecular weight excluding hydrogens is 360 g/mol. The first-order valence-electron chi connectivity index (χ1n) is 6.87. The molecule has 1 aliphatic rings. The van der Waals surface area contributed by atoms with Crippen molar-refractivity contribution in [2.24, 2.45) is 0 Å². The summed E-state index contributed by atoms with van der Waals surface area (Å²) in [6, 6.07) is 1.55. The summed E-state index contributed by atoms with van der Waals surface area (Å²) >= 11 is 3.18. The number of hydrogen-bond acceptors (Lipinski definition) is 6. The Balaban J connectivity index is 2.06. The van der Waals surface area contributed by atoms with Gasteiger partial charge >= 0.3 is 0 Å². The second-order valence-corrected chi connectivity index (χ2v) is 7.37. The van der Waals surface area contributed by atoms with Gasteiger partial charge in [0.2, 0.25) is 0 Å². The van der Waals surface area contributed by atoms with Crippen molar-refractivity contribution in [1.82, 2.24) is 20.1 Å². The van der Waals surface area contributed by atoms with E-state index in [1.54, 1.807) is 11.1 Å². The summed E-state index contributed by atoms with van der Waals surface area (Å²) in [5.41, 5.74) is 0. The lowest BCUT2D eigenvalue weighted by Crippen LogP contribution is -2.52. The molecule has 0 saturated carbocycles. The summed E-state index contributed by atoms with van der Waals surface area (Å²) in [7, 11) is -1.60. The topological polar surface area (TPSA) is 77.8 Å². The quantitative estimate of drug-likeness (QED) is 0.751. The molecule has 21 heavy (non-hydrogen) atoms. The van der Waals surface area contributed by atoms with Crippen LogP contribution < -0.4 is 10.1 Å². The number of halogens is 1. The molecule has 1 aliphatic heterocycles. The highest BCUT2D eigenvalue weighted by atomic mass is 79.9. The van der Waals surface area contributed by atoms with E-state index in [-0.39, 0.29) is 9.56 Å². The predicted octanol–water partition coefficient (Wildman–Crippen LogP) is 0.592. The first-order valence-corrected chi connectivity index (χ1v) is 9.15. The van der Waals surface area contributed by atoms with E-state index in [4.69, 9.17) is 4.42 Å². The molecule has 0 radical (unpaired) electrons. The van der Waals surface area contributed by atoms with E-state index >= 15 is 0 Å². The van der Waals surface area contributed by atoms with E-state index in [1.807, 2.05) is 14.0 Å². The van der Waals surface area contributed by atoms with E-state index in [1.165, 1.54) is 0 Å². The van der Waals surface area contributed by atoms with Crippen molar-refractivity contribution >= 4 is 26.0 Å². The van der Waals surface area contributed by atoms with Gasteiger partial charge in [-0.1, -0.05) is 6.92 Å². The van der Waals surface area contributed by atoms with Gasteiger partial charge in [0.15, 0.2) is 4.67 Å². The van der Waals surface area contributed by atoms with Crippen LogP contribution >= 0.6 is 15.9 Å². The summed E-state index contributed by atoms with van der Waals surface area (Å²) in [4.78, 5) is 4.90. The largest absolute Gasteiger partial charge is 0.452 e. The highest BCUT2D eigenvalue weighted by Gasteiger charge is 2.26. The lowest BCUT2D eigenvalue weighted by atomic mass is 10.4. The zero-order valence-corrected chi connectivity index (χ0v) is 14.6. The molecule has 0 amide bonds. The SMILES string of the molecule is CCNCc1cc(S(=O)(=O)NN2CCN(C)CC2)c(Br)o1. The number of nitrogens with zero attached hydrogens (tertiary/aromatic N) is 2. The number of sulfonamides is 1. The van der Waals surface area contributed by atoms with Crippen LogP contribution in [0.25, 0.3) is 0 Å². The van der Waals surface area contributed by atoms with Crippen LogP contribution in [0.2, 0.25) is 0 Å². The maximum absolute atomic E-state index is 12.4. The van der Waals surface area contributed by atoms with Crippen LogP contribution in [0.4, 0.5) is 0 Å². The maximum Gasteiger partial charge on any atom is 0.257 e. The van der Waals surface area contributed by atoms with Crippen molar-refractivity contribution in [2.45, 2.75) is 18.4 Å². The Labute approximate surface area is 133 Å². The van der Waals surface area contributed by atoms with Crippen LogP contribution in [0.3, 0.4) is 0 Å². The van der Waals surface area contributed by atoms with Crippen LogP contribution in [-0.4, -0.2) is 58.1 Å². The summed E-state index contributed by atoms with van der Waals surface area (Å²) in [6.45, 7) is 6.26. The van der Waals surface area contributed by atoms with Crippen molar-refractivity contribution in [3.8, 4) is 0 Å². The summed E-state index contributed by atoms with van der Waals surface area (Å²) in [6.07, 6.45) is 0. The normalized spacial score (nSPS) is 18.2. The summed E-state index contributed by atoms with van der Waals surface area (Å²) < 4.78 is 30.5. The molecule has 2 rings (SSSR count). The highest BCUT2D eigenvalue weighted by Crippen LogP contribution is 2.26. The molecule has 0 bridgehead atoms. The number of nitrogens with one attached hydrogen (secondary N) is 2. The first kappa shape index (κ1) is 16.9. The highest BCUT2D eigenvalue weighted by molar-refractivity contribution is 9.10. The molecule has 2 N–H and O–H groups in total. The molecule has 0 spiro atoms.